The van der Waals surface area contributed by atoms with Crippen LogP contribution in [0.15, 0.2) is 0 Å². The van der Waals surface area contributed by atoms with Gasteiger partial charge in [0.1, 0.15) is 0 Å². The van der Waals surface area contributed by atoms with E-state index in [0.717, 1.165) is 0 Å². The molecule has 0 aliphatic heterocycles. The zero-order valence-corrected chi connectivity index (χ0v) is 6.82. The average Bonchev–Trinajstić information content (AvgIpc) is 1.41. The fraction of sp³-hybridized carbons (Fsp3) is 0. The molecule has 4 nitrogen and oxygen atoms in total. The monoisotopic (exact) mass is 174 g/mol. The van der Waals surface area contributed by atoms with E-state index in [1.165, 1.54) is 0 Å². The van der Waals surface area contributed by atoms with Crippen molar-refractivity contribution in [3.8, 4) is 0 Å². The third-order valence-electron chi connectivity index (χ3n) is 0. The van der Waals surface area contributed by atoms with Gasteiger partial charge in [-0.2, -0.15) is 0 Å². The van der Waals surface area contributed by atoms with Crippen molar-refractivity contribution in [3.63, 3.8) is 0 Å². The number of rotatable bonds is 0. The summed E-state index contributed by atoms with van der Waals surface area (Å²) in [6.07, 6.45) is 0. The number of hydrogen-bond acceptors (Lipinski definition) is 4. The molecular formula is CaCl2O4. The van der Waals surface area contributed by atoms with Crippen LogP contribution in [-0.4, -0.2) is 37.7 Å². The molecule has 0 radical (unpaired) electrons. The van der Waals surface area contributed by atoms with Gasteiger partial charge in [0.25, 0.3) is 0 Å². The van der Waals surface area contributed by atoms with Gasteiger partial charge >= 0.3 is 37.7 Å². The van der Waals surface area contributed by atoms with Crippen LogP contribution in [0, 0.1) is 10.8 Å². The summed E-state index contributed by atoms with van der Waals surface area (Å²) in [7, 11) is -2.85. The van der Waals surface area contributed by atoms with Crippen LogP contribution in [0.2, 0.25) is 0 Å². The Morgan fingerprint density at radius 3 is 1.00 bits per heavy atom. The third kappa shape index (κ3) is 87.8. The molecule has 0 aromatic carbocycles. The van der Waals surface area contributed by atoms with Crippen LogP contribution in [0.1, 0.15) is 0 Å². The minimum atomic E-state index is -2.85. The first-order valence-corrected chi connectivity index (χ1v) is 1.85. The second kappa shape index (κ2) is 15.6. The predicted octanol–water partition coefficient (Wildman–Crippen LogP) is -4.45. The summed E-state index contributed by atoms with van der Waals surface area (Å²) in [5.74, 6) is 0. The maximum atomic E-state index is 8.41. The van der Waals surface area contributed by atoms with Crippen molar-refractivity contribution in [1.29, 1.82) is 0 Å². The van der Waals surface area contributed by atoms with Gasteiger partial charge in [0.05, 0.1) is 10.8 Å². The van der Waals surface area contributed by atoms with Crippen molar-refractivity contribution >= 4 is 49.6 Å². The van der Waals surface area contributed by atoms with Crippen LogP contribution >= 0.6 is 11.9 Å². The van der Waals surface area contributed by atoms with E-state index in [1.807, 2.05) is 0 Å². The maximum Gasteiger partial charge on any atom is 2.00 e. The molecule has 0 fully saturated rings. The summed E-state index contributed by atoms with van der Waals surface area (Å²) >= 11 is 3.39. The van der Waals surface area contributed by atoms with Crippen LogP contribution in [0.5, 0.6) is 0 Å². The molecule has 7 heavy (non-hydrogen) atoms. The molecule has 0 aromatic rings. The molecule has 0 bridgehead atoms. The van der Waals surface area contributed by atoms with Gasteiger partial charge in [0.15, 0.2) is 0 Å². The van der Waals surface area contributed by atoms with E-state index in [2.05, 4.69) is 11.9 Å². The summed E-state index contributed by atoms with van der Waals surface area (Å²) in [6, 6.07) is 0. The van der Waals surface area contributed by atoms with Crippen LogP contribution < -0.4 is 18.6 Å². The normalized spacial score (nSPS) is 6.00. The molecule has 0 aliphatic carbocycles. The van der Waals surface area contributed by atoms with Gasteiger partial charge in [-0.1, -0.05) is 0 Å². The maximum absolute atomic E-state index is 8.41. The molecule has 0 rings (SSSR count). The second-order valence-corrected chi connectivity index (χ2v) is 0.567. The van der Waals surface area contributed by atoms with E-state index in [-0.39, 0.29) is 37.7 Å². The van der Waals surface area contributed by atoms with Crippen LogP contribution in [0.4, 0.5) is 0 Å². The van der Waals surface area contributed by atoms with Crippen molar-refractivity contribution in [3.05, 3.63) is 0 Å². The Kier molecular flexibility index (Phi) is 35.5. The SMILES string of the molecule is [Ca+2].[O-]Cl.[O-][Cl+2]([O-])[O-]. The van der Waals surface area contributed by atoms with Crippen LogP contribution in [-0.2, 0) is 0 Å². The Hall–Kier alpha value is 1.68. The smallest absolute Gasteiger partial charge is 0.769 e. The largest absolute Gasteiger partial charge is 2.00 e. The molecule has 0 aromatic heterocycles. The van der Waals surface area contributed by atoms with Gasteiger partial charge in [-0.15, -0.1) is 0 Å². The summed E-state index contributed by atoms with van der Waals surface area (Å²) in [5.41, 5.74) is 0. The fourth-order valence-corrected chi connectivity index (χ4v) is 0. The first-order valence-electron chi connectivity index (χ1n) is 0.617. The quantitative estimate of drug-likeness (QED) is 0.347. The summed E-state index contributed by atoms with van der Waals surface area (Å²) in [6.45, 7) is 0. The van der Waals surface area contributed by atoms with Crippen molar-refractivity contribution in [2.24, 2.45) is 0 Å². The standard InChI is InChI=1S/Ca.ClO3.ClO/c;2-1(3)4;1-2/q+2;2*-1. The molecule has 0 aliphatic rings. The molecule has 0 saturated heterocycles. The number of halogens is 2. The van der Waals surface area contributed by atoms with Gasteiger partial charge < -0.3 is 18.6 Å². The van der Waals surface area contributed by atoms with Gasteiger partial charge in [0.2, 0.25) is 0 Å². The molecule has 0 atom stereocenters. The van der Waals surface area contributed by atoms with Crippen LogP contribution in [0.25, 0.3) is 0 Å². The molecule has 0 amide bonds. The van der Waals surface area contributed by atoms with E-state index in [4.69, 9.17) is 18.6 Å². The zero-order chi connectivity index (χ0) is 5.58. The molecule has 7 heteroatoms. The zero-order valence-electron chi connectivity index (χ0n) is 3.10. The first kappa shape index (κ1) is 15.9. The Bertz CT molecular complexity index is 14.4. The fourth-order valence-electron chi connectivity index (χ4n) is 0. The first-order chi connectivity index (χ1) is 2.73. The molecule has 40 valence electrons. The predicted molar refractivity (Wildman–Crippen MR) is 11.6 cm³/mol. The van der Waals surface area contributed by atoms with Crippen molar-refractivity contribution in [1.82, 2.24) is 0 Å². The van der Waals surface area contributed by atoms with E-state index in [1.54, 1.807) is 0 Å². The van der Waals surface area contributed by atoms with Crippen molar-refractivity contribution < 1.29 is 29.4 Å². The Balaban J connectivity index is -0.0000000480. The molecule has 0 N–H and O–H groups in total. The summed E-state index contributed by atoms with van der Waals surface area (Å²) < 4.78 is 32.9. The minimum Gasteiger partial charge on any atom is -0.769 e. The molecule has 0 heterocycles. The topological polar surface area (TPSA) is 92.2 Å². The third-order valence-corrected chi connectivity index (χ3v) is 0. The average molecular weight is 175 g/mol. The van der Waals surface area contributed by atoms with E-state index >= 15 is 0 Å². The minimum absolute atomic E-state index is 0. The summed E-state index contributed by atoms with van der Waals surface area (Å²) in [4.78, 5) is 0. The Morgan fingerprint density at radius 2 is 1.00 bits per heavy atom. The second-order valence-electron chi connectivity index (χ2n) is 0.189. The van der Waals surface area contributed by atoms with Gasteiger partial charge in [-0.3, -0.25) is 0 Å². The Labute approximate surface area is 78.3 Å². The van der Waals surface area contributed by atoms with E-state index in [9.17, 15) is 0 Å². The van der Waals surface area contributed by atoms with E-state index in [0.29, 0.717) is 0 Å². The molecule has 0 saturated carbocycles. The van der Waals surface area contributed by atoms with Gasteiger partial charge in [0, 0.05) is 0 Å². The van der Waals surface area contributed by atoms with Crippen LogP contribution in [0.3, 0.4) is 0 Å². The number of hydrogen-bond donors (Lipinski definition) is 0. The van der Waals surface area contributed by atoms with Crippen molar-refractivity contribution in [2.45, 2.75) is 0 Å². The molecule has 0 spiro atoms. The van der Waals surface area contributed by atoms with Gasteiger partial charge in [-0.25, -0.2) is 11.9 Å². The van der Waals surface area contributed by atoms with E-state index < -0.39 is 10.8 Å². The Morgan fingerprint density at radius 1 is 1.00 bits per heavy atom. The molecule has 0 unspecified atom stereocenters. The van der Waals surface area contributed by atoms with Crippen molar-refractivity contribution in [2.75, 3.05) is 0 Å². The molecular weight excluding hydrogens is 175 g/mol. The van der Waals surface area contributed by atoms with Gasteiger partial charge in [-0.05, 0) is 0 Å². The summed E-state index contributed by atoms with van der Waals surface area (Å²) in [5, 5.41) is 0.